The predicted octanol–water partition coefficient (Wildman–Crippen LogP) is 2.90. The topological polar surface area (TPSA) is 72.7 Å². The second-order valence-corrected chi connectivity index (χ2v) is 5.78. The van der Waals surface area contributed by atoms with Gasteiger partial charge in [-0.3, -0.25) is 9.78 Å². The normalized spacial score (nSPS) is 10.6. The molecule has 6 heteroatoms. The fraction of sp³-hybridized carbons (Fsp3) is 0.222. The summed E-state index contributed by atoms with van der Waals surface area (Å²) in [6.45, 7) is 6.33. The van der Waals surface area contributed by atoms with Crippen LogP contribution < -0.4 is 5.32 Å². The lowest BCUT2D eigenvalue weighted by Gasteiger charge is -2.10. The van der Waals surface area contributed by atoms with Crippen LogP contribution in [0.3, 0.4) is 0 Å². The highest BCUT2D eigenvalue weighted by atomic mass is 16.2. The van der Waals surface area contributed by atoms with Crippen molar-refractivity contribution >= 4 is 11.6 Å². The second-order valence-electron chi connectivity index (χ2n) is 5.78. The molecule has 1 aromatic carbocycles. The lowest BCUT2D eigenvalue weighted by molar-refractivity contribution is 0.102. The molecule has 0 saturated heterocycles. The van der Waals surface area contributed by atoms with Crippen molar-refractivity contribution in [2.75, 3.05) is 5.32 Å². The molecule has 0 fully saturated rings. The van der Waals surface area contributed by atoms with Gasteiger partial charge < -0.3 is 5.32 Å². The molecular weight excluding hydrogens is 302 g/mol. The van der Waals surface area contributed by atoms with Crippen LogP contribution in [-0.4, -0.2) is 25.9 Å². The number of nitrogens with one attached hydrogen (secondary N) is 1. The highest BCUT2D eigenvalue weighted by molar-refractivity contribution is 6.03. The van der Waals surface area contributed by atoms with Gasteiger partial charge in [0.25, 0.3) is 5.91 Å². The van der Waals surface area contributed by atoms with Crippen LogP contribution >= 0.6 is 0 Å². The van der Waals surface area contributed by atoms with Crippen LogP contribution in [0.2, 0.25) is 0 Å². The molecule has 122 valence electrons. The summed E-state index contributed by atoms with van der Waals surface area (Å²) in [5, 5.41) is 10.9. The quantitative estimate of drug-likeness (QED) is 0.802. The Kier molecular flexibility index (Phi) is 4.37. The van der Waals surface area contributed by atoms with Crippen LogP contribution in [0.5, 0.6) is 0 Å². The first-order valence-corrected chi connectivity index (χ1v) is 7.73. The number of benzene rings is 1. The van der Waals surface area contributed by atoms with E-state index in [1.54, 1.807) is 10.9 Å². The average molecular weight is 321 g/mol. The predicted molar refractivity (Wildman–Crippen MR) is 92.0 cm³/mol. The highest BCUT2D eigenvalue weighted by Gasteiger charge is 2.14. The first-order valence-electron chi connectivity index (χ1n) is 7.73. The van der Waals surface area contributed by atoms with Crippen LogP contribution in [0, 0.1) is 20.8 Å². The first-order chi connectivity index (χ1) is 11.5. The van der Waals surface area contributed by atoms with Crippen LogP contribution in [0.4, 0.5) is 5.69 Å². The molecule has 0 aliphatic rings. The van der Waals surface area contributed by atoms with Crippen molar-refractivity contribution in [2.45, 2.75) is 27.3 Å². The summed E-state index contributed by atoms with van der Waals surface area (Å²) in [4.78, 5) is 16.8. The molecule has 2 heterocycles. The number of aromatic nitrogens is 4. The van der Waals surface area contributed by atoms with Gasteiger partial charge in [0, 0.05) is 5.69 Å². The van der Waals surface area contributed by atoms with E-state index in [1.807, 2.05) is 57.2 Å². The Hall–Kier alpha value is -3.02. The number of aryl methyl sites for hydroxylation is 3. The number of hydrogen-bond donors (Lipinski definition) is 1. The van der Waals surface area contributed by atoms with Gasteiger partial charge in [-0.25, -0.2) is 4.68 Å². The molecule has 3 aromatic rings. The molecule has 1 N–H and O–H groups in total. The first kappa shape index (κ1) is 15.9. The zero-order valence-electron chi connectivity index (χ0n) is 13.9. The molecule has 0 atom stereocenters. The maximum absolute atomic E-state index is 12.4. The van der Waals surface area contributed by atoms with Gasteiger partial charge in [0.15, 0.2) is 5.69 Å². The standard InChI is InChI=1S/C18H19N5O/c1-12-9-13(2)19-14(3)17(12)20-18(24)16-11-23(22-21-16)10-15-7-5-4-6-8-15/h4-9,11H,10H2,1-3H3,(H,20,24). The minimum Gasteiger partial charge on any atom is -0.319 e. The van der Waals surface area contributed by atoms with Gasteiger partial charge in [-0.05, 0) is 38.0 Å². The molecule has 0 radical (unpaired) electrons. The van der Waals surface area contributed by atoms with E-state index < -0.39 is 0 Å². The molecule has 0 aliphatic heterocycles. The van der Waals surface area contributed by atoms with Crippen molar-refractivity contribution in [3.05, 3.63) is 70.8 Å². The van der Waals surface area contributed by atoms with Gasteiger partial charge in [-0.2, -0.15) is 0 Å². The lowest BCUT2D eigenvalue weighted by Crippen LogP contribution is -2.15. The monoisotopic (exact) mass is 321 g/mol. The van der Waals surface area contributed by atoms with Gasteiger partial charge in [0.1, 0.15) is 0 Å². The Morgan fingerprint density at radius 3 is 2.62 bits per heavy atom. The Morgan fingerprint density at radius 2 is 1.92 bits per heavy atom. The molecule has 1 amide bonds. The molecular formula is C18H19N5O. The third-order valence-electron chi connectivity index (χ3n) is 3.72. The number of rotatable bonds is 4. The van der Waals surface area contributed by atoms with Gasteiger partial charge in [0.05, 0.1) is 24.1 Å². The van der Waals surface area contributed by atoms with Crippen molar-refractivity contribution in [1.82, 2.24) is 20.0 Å². The van der Waals surface area contributed by atoms with E-state index >= 15 is 0 Å². The summed E-state index contributed by atoms with van der Waals surface area (Å²) in [5.41, 5.74) is 4.80. The number of pyridine rings is 1. The molecule has 0 saturated carbocycles. The number of nitrogens with zero attached hydrogens (tertiary/aromatic N) is 4. The van der Waals surface area contributed by atoms with Gasteiger partial charge in [0.2, 0.25) is 0 Å². The molecule has 0 unspecified atom stereocenters. The van der Waals surface area contributed by atoms with Crippen LogP contribution in [-0.2, 0) is 6.54 Å². The fourth-order valence-electron chi connectivity index (χ4n) is 2.64. The summed E-state index contributed by atoms with van der Waals surface area (Å²) in [5.74, 6) is -0.286. The molecule has 24 heavy (non-hydrogen) atoms. The van der Waals surface area contributed by atoms with E-state index in [-0.39, 0.29) is 11.6 Å². The van der Waals surface area contributed by atoms with Crippen LogP contribution in [0.1, 0.15) is 33.0 Å². The molecule has 2 aromatic heterocycles. The van der Waals surface area contributed by atoms with Crippen molar-refractivity contribution < 1.29 is 4.79 Å². The molecule has 0 aliphatic carbocycles. The summed E-state index contributed by atoms with van der Waals surface area (Å²) in [6.07, 6.45) is 1.65. The second kappa shape index (κ2) is 6.62. The summed E-state index contributed by atoms with van der Waals surface area (Å²) in [7, 11) is 0. The number of hydrogen-bond acceptors (Lipinski definition) is 4. The van der Waals surface area contributed by atoms with E-state index in [1.165, 1.54) is 0 Å². The van der Waals surface area contributed by atoms with Crippen molar-refractivity contribution in [2.24, 2.45) is 0 Å². The van der Waals surface area contributed by atoms with Crippen molar-refractivity contribution in [3.63, 3.8) is 0 Å². The Bertz CT molecular complexity index is 847. The summed E-state index contributed by atoms with van der Waals surface area (Å²) in [6, 6.07) is 11.8. The summed E-state index contributed by atoms with van der Waals surface area (Å²) < 4.78 is 1.65. The third-order valence-corrected chi connectivity index (χ3v) is 3.72. The van der Waals surface area contributed by atoms with E-state index in [4.69, 9.17) is 0 Å². The number of amides is 1. The third kappa shape index (κ3) is 3.48. The minimum absolute atomic E-state index is 0.283. The average Bonchev–Trinajstić information content (AvgIpc) is 3.00. The van der Waals surface area contributed by atoms with Crippen LogP contribution in [0.25, 0.3) is 0 Å². The largest absolute Gasteiger partial charge is 0.319 e. The Labute approximate surface area is 140 Å². The van der Waals surface area contributed by atoms with Gasteiger partial charge >= 0.3 is 0 Å². The maximum Gasteiger partial charge on any atom is 0.277 e. The highest BCUT2D eigenvalue weighted by Crippen LogP contribution is 2.19. The maximum atomic E-state index is 12.4. The van der Waals surface area contributed by atoms with Crippen molar-refractivity contribution in [1.29, 1.82) is 0 Å². The van der Waals surface area contributed by atoms with Crippen molar-refractivity contribution in [3.8, 4) is 0 Å². The Morgan fingerprint density at radius 1 is 1.17 bits per heavy atom. The smallest absolute Gasteiger partial charge is 0.277 e. The number of anilines is 1. The molecule has 6 nitrogen and oxygen atoms in total. The van der Waals surface area contributed by atoms with Gasteiger partial charge in [-0.1, -0.05) is 35.5 Å². The molecule has 0 spiro atoms. The Balaban J connectivity index is 1.75. The summed E-state index contributed by atoms with van der Waals surface area (Å²) >= 11 is 0. The zero-order chi connectivity index (χ0) is 17.1. The molecule has 3 rings (SSSR count). The van der Waals surface area contributed by atoms with E-state index in [0.29, 0.717) is 6.54 Å². The lowest BCUT2D eigenvalue weighted by atomic mass is 10.1. The SMILES string of the molecule is Cc1cc(C)c(NC(=O)c2cn(Cc3ccccc3)nn2)c(C)n1. The van der Waals surface area contributed by atoms with E-state index in [0.717, 1.165) is 28.2 Å². The van der Waals surface area contributed by atoms with E-state index in [2.05, 4.69) is 20.6 Å². The zero-order valence-corrected chi connectivity index (χ0v) is 13.9. The fourth-order valence-corrected chi connectivity index (χ4v) is 2.64. The molecule has 0 bridgehead atoms. The van der Waals surface area contributed by atoms with Gasteiger partial charge in [-0.15, -0.1) is 5.10 Å². The van der Waals surface area contributed by atoms with Crippen LogP contribution in [0.15, 0.2) is 42.6 Å². The number of carbonyl (C=O) groups excluding carboxylic acids is 1. The minimum atomic E-state index is -0.286. The number of carbonyl (C=O) groups is 1. The van der Waals surface area contributed by atoms with E-state index in [9.17, 15) is 4.79 Å².